The number of benzene rings is 1. The average Bonchev–Trinajstić information content (AvgIpc) is 2.35. The van der Waals surface area contributed by atoms with Crippen molar-refractivity contribution < 1.29 is 14.3 Å². The van der Waals surface area contributed by atoms with Crippen LogP contribution in [-0.2, 0) is 4.79 Å². The monoisotopic (exact) mass is 303 g/mol. The molecule has 3 N–H and O–H groups in total. The molecule has 0 radical (unpaired) electrons. The van der Waals surface area contributed by atoms with Gasteiger partial charge in [0.1, 0.15) is 11.9 Å². The predicted molar refractivity (Wildman–Crippen MR) is 79.3 cm³/mol. The largest absolute Gasteiger partial charge is 0.480 e. The third kappa shape index (κ3) is 5.42. The van der Waals surface area contributed by atoms with Crippen LogP contribution in [0, 0.1) is 5.82 Å². The summed E-state index contributed by atoms with van der Waals surface area (Å²) in [7, 11) is 0. The summed E-state index contributed by atoms with van der Waals surface area (Å²) in [5, 5.41) is 8.90. The van der Waals surface area contributed by atoms with E-state index in [0.29, 0.717) is 0 Å². The highest BCUT2D eigenvalue weighted by molar-refractivity contribution is 8.03. The minimum atomic E-state index is -0.983. The number of rotatable bonds is 7. The smallest absolute Gasteiger partial charge is 0.321 e. The molecule has 0 unspecified atom stereocenters. The summed E-state index contributed by atoms with van der Waals surface area (Å²) in [5.74, 6) is 0.387. The van der Waals surface area contributed by atoms with Gasteiger partial charge in [-0.25, -0.2) is 4.39 Å². The van der Waals surface area contributed by atoms with Crippen LogP contribution in [0.3, 0.4) is 0 Å². The molecular formula is C13H18FNO2S2. The number of carbonyl (C=O) groups is 1. The van der Waals surface area contributed by atoms with Crippen LogP contribution in [0.4, 0.5) is 4.39 Å². The van der Waals surface area contributed by atoms with Gasteiger partial charge in [-0.3, -0.25) is 4.79 Å². The van der Waals surface area contributed by atoms with Crippen LogP contribution in [0.2, 0.25) is 0 Å². The third-order valence-electron chi connectivity index (χ3n) is 2.65. The number of hydrogen-bond donors (Lipinski definition) is 2. The molecule has 0 spiro atoms. The fourth-order valence-electron chi connectivity index (χ4n) is 1.38. The standard InChI is InChI=1S/C13H18FNO2S2/c1-13(2,11(15)12(16)17)19-8-7-18-10-5-3-9(14)4-6-10/h3-6,11H,7-8,15H2,1-2H3,(H,16,17)/t11-/m0/s1. The summed E-state index contributed by atoms with van der Waals surface area (Å²) in [6.45, 7) is 3.66. The second-order valence-corrected chi connectivity index (χ2v) is 7.49. The van der Waals surface area contributed by atoms with Crippen LogP contribution in [0.5, 0.6) is 0 Å². The highest BCUT2D eigenvalue weighted by atomic mass is 32.2. The average molecular weight is 303 g/mol. The van der Waals surface area contributed by atoms with Crippen LogP contribution >= 0.6 is 23.5 Å². The first-order valence-electron chi connectivity index (χ1n) is 5.83. The maximum absolute atomic E-state index is 12.7. The van der Waals surface area contributed by atoms with E-state index in [-0.39, 0.29) is 5.82 Å². The fourth-order valence-corrected chi connectivity index (χ4v) is 3.42. The molecule has 19 heavy (non-hydrogen) atoms. The van der Waals surface area contributed by atoms with Gasteiger partial charge in [0.05, 0.1) is 0 Å². The van der Waals surface area contributed by atoms with E-state index in [4.69, 9.17) is 10.8 Å². The minimum Gasteiger partial charge on any atom is -0.480 e. The van der Waals surface area contributed by atoms with Crippen molar-refractivity contribution in [3.63, 3.8) is 0 Å². The molecule has 0 amide bonds. The SMILES string of the molecule is CC(C)(SCCSc1ccc(F)cc1)[C@@H](N)C(=O)O. The van der Waals surface area contributed by atoms with E-state index >= 15 is 0 Å². The molecule has 0 fully saturated rings. The molecule has 1 atom stereocenters. The predicted octanol–water partition coefficient (Wildman–Crippen LogP) is 2.84. The molecule has 0 heterocycles. The van der Waals surface area contributed by atoms with Gasteiger partial charge in [-0.1, -0.05) is 0 Å². The van der Waals surface area contributed by atoms with Gasteiger partial charge < -0.3 is 10.8 Å². The molecule has 106 valence electrons. The zero-order valence-electron chi connectivity index (χ0n) is 10.9. The van der Waals surface area contributed by atoms with Crippen molar-refractivity contribution >= 4 is 29.5 Å². The maximum atomic E-state index is 12.7. The van der Waals surface area contributed by atoms with Crippen molar-refractivity contribution in [1.82, 2.24) is 0 Å². The van der Waals surface area contributed by atoms with E-state index in [2.05, 4.69) is 0 Å². The quantitative estimate of drug-likeness (QED) is 0.599. The lowest BCUT2D eigenvalue weighted by atomic mass is 10.1. The van der Waals surface area contributed by atoms with Gasteiger partial charge in [0.2, 0.25) is 0 Å². The Labute approximate surface area is 121 Å². The summed E-state index contributed by atoms with van der Waals surface area (Å²) in [4.78, 5) is 11.9. The molecule has 1 aromatic carbocycles. The normalized spacial score (nSPS) is 13.3. The number of carboxylic acid groups (broad SMARTS) is 1. The molecule has 0 bridgehead atoms. The second-order valence-electron chi connectivity index (χ2n) is 4.57. The van der Waals surface area contributed by atoms with Gasteiger partial charge in [-0.05, 0) is 38.1 Å². The van der Waals surface area contributed by atoms with E-state index in [1.54, 1.807) is 23.9 Å². The van der Waals surface area contributed by atoms with Crippen molar-refractivity contribution in [1.29, 1.82) is 0 Å². The van der Waals surface area contributed by atoms with Gasteiger partial charge in [0, 0.05) is 21.1 Å². The second kappa shape index (κ2) is 7.17. The molecule has 0 aliphatic carbocycles. The van der Waals surface area contributed by atoms with E-state index in [9.17, 15) is 9.18 Å². The van der Waals surface area contributed by atoms with E-state index in [1.165, 1.54) is 23.9 Å². The van der Waals surface area contributed by atoms with Crippen LogP contribution in [0.25, 0.3) is 0 Å². The lowest BCUT2D eigenvalue weighted by molar-refractivity contribution is -0.139. The summed E-state index contributed by atoms with van der Waals surface area (Å²) >= 11 is 3.15. The van der Waals surface area contributed by atoms with Crippen LogP contribution in [0.1, 0.15) is 13.8 Å². The Hall–Kier alpha value is -0.720. The highest BCUT2D eigenvalue weighted by Gasteiger charge is 2.32. The first kappa shape index (κ1) is 16.3. The molecule has 1 rings (SSSR count). The summed E-state index contributed by atoms with van der Waals surface area (Å²) < 4.78 is 12.2. The molecule has 0 saturated heterocycles. The Bertz CT molecular complexity index is 423. The van der Waals surface area contributed by atoms with Crippen LogP contribution in [-0.4, -0.2) is 33.4 Å². The Balaban J connectivity index is 2.34. The number of thioether (sulfide) groups is 2. The molecule has 0 aromatic heterocycles. The molecule has 3 nitrogen and oxygen atoms in total. The maximum Gasteiger partial charge on any atom is 0.321 e. The first-order chi connectivity index (χ1) is 8.83. The molecule has 1 aromatic rings. The van der Waals surface area contributed by atoms with Crippen molar-refractivity contribution in [3.05, 3.63) is 30.1 Å². The van der Waals surface area contributed by atoms with Gasteiger partial charge in [-0.15, -0.1) is 11.8 Å². The zero-order valence-corrected chi connectivity index (χ0v) is 12.6. The summed E-state index contributed by atoms with van der Waals surface area (Å²) in [6, 6.07) is 5.45. The van der Waals surface area contributed by atoms with E-state index in [1.807, 2.05) is 13.8 Å². The summed E-state index contributed by atoms with van der Waals surface area (Å²) in [6.07, 6.45) is 0. The van der Waals surface area contributed by atoms with E-state index < -0.39 is 16.8 Å². The molecule has 0 aliphatic rings. The van der Waals surface area contributed by atoms with Gasteiger partial charge in [-0.2, -0.15) is 11.8 Å². The zero-order chi connectivity index (χ0) is 14.5. The number of hydrogen-bond acceptors (Lipinski definition) is 4. The Morgan fingerprint density at radius 2 is 1.95 bits per heavy atom. The number of aliphatic carboxylic acids is 1. The molecule has 0 aliphatic heterocycles. The van der Waals surface area contributed by atoms with Crippen LogP contribution < -0.4 is 5.73 Å². The van der Waals surface area contributed by atoms with Crippen molar-refractivity contribution in [2.24, 2.45) is 5.73 Å². The highest BCUT2D eigenvalue weighted by Crippen LogP contribution is 2.29. The summed E-state index contributed by atoms with van der Waals surface area (Å²) in [5.41, 5.74) is 5.64. The fraction of sp³-hybridized carbons (Fsp3) is 0.462. The lowest BCUT2D eigenvalue weighted by Gasteiger charge is -2.27. The number of carboxylic acids is 1. The number of halogens is 1. The minimum absolute atomic E-state index is 0.243. The Kier molecular flexibility index (Phi) is 6.16. The van der Waals surface area contributed by atoms with Crippen LogP contribution in [0.15, 0.2) is 29.2 Å². The molecule has 6 heteroatoms. The topological polar surface area (TPSA) is 63.3 Å². The Morgan fingerprint density at radius 3 is 2.47 bits per heavy atom. The van der Waals surface area contributed by atoms with Gasteiger partial charge in [0.25, 0.3) is 0 Å². The number of nitrogens with two attached hydrogens (primary N) is 1. The Morgan fingerprint density at radius 1 is 1.37 bits per heavy atom. The van der Waals surface area contributed by atoms with Crippen molar-refractivity contribution in [3.8, 4) is 0 Å². The first-order valence-corrected chi connectivity index (χ1v) is 7.81. The molecular weight excluding hydrogens is 285 g/mol. The van der Waals surface area contributed by atoms with Gasteiger partial charge >= 0.3 is 5.97 Å². The van der Waals surface area contributed by atoms with Gasteiger partial charge in [0.15, 0.2) is 0 Å². The molecule has 0 saturated carbocycles. The van der Waals surface area contributed by atoms with E-state index in [0.717, 1.165) is 16.4 Å². The lowest BCUT2D eigenvalue weighted by Crippen LogP contribution is -2.46. The third-order valence-corrected chi connectivity index (χ3v) is 5.33. The van der Waals surface area contributed by atoms with Crippen molar-refractivity contribution in [2.75, 3.05) is 11.5 Å². The van der Waals surface area contributed by atoms with Crippen molar-refractivity contribution in [2.45, 2.75) is 29.5 Å².